The quantitative estimate of drug-likeness (QED) is 0.643. The van der Waals surface area contributed by atoms with Crippen LogP contribution in [0.5, 0.6) is 0 Å². The lowest BCUT2D eigenvalue weighted by molar-refractivity contribution is -0.136. The molecule has 3 heterocycles. The summed E-state index contributed by atoms with van der Waals surface area (Å²) >= 11 is 1.41. The van der Waals surface area contributed by atoms with Crippen molar-refractivity contribution in [1.82, 2.24) is 20.5 Å². The third-order valence-corrected chi connectivity index (χ3v) is 6.28. The van der Waals surface area contributed by atoms with Crippen LogP contribution in [0.1, 0.15) is 44.9 Å². The summed E-state index contributed by atoms with van der Waals surface area (Å²) in [6.07, 6.45) is 0.549. The maximum Gasteiger partial charge on any atom is 0.321 e. The summed E-state index contributed by atoms with van der Waals surface area (Å²) in [5, 5.41) is 8.29. The standard InChI is InChI=1S/C20H21N5O4S/c1-10-11(2)30-20(22-10)24-19(29)21-8-12-3-4-13-9-25(18(28)14(13)7-12)15-5-6-16(26)23-17(15)27/h3-4,7,15H,5-6,8-9H2,1-2H3,(H,23,26,27)(H2,21,22,24,29). The van der Waals surface area contributed by atoms with Crippen LogP contribution in [0.4, 0.5) is 9.93 Å². The van der Waals surface area contributed by atoms with Gasteiger partial charge in [0.25, 0.3) is 5.91 Å². The van der Waals surface area contributed by atoms with Gasteiger partial charge < -0.3 is 10.2 Å². The zero-order chi connectivity index (χ0) is 21.4. The van der Waals surface area contributed by atoms with Crippen molar-refractivity contribution < 1.29 is 19.2 Å². The monoisotopic (exact) mass is 427 g/mol. The summed E-state index contributed by atoms with van der Waals surface area (Å²) in [7, 11) is 0. The molecule has 0 radical (unpaired) electrons. The van der Waals surface area contributed by atoms with Gasteiger partial charge in [0.15, 0.2) is 5.13 Å². The second-order valence-electron chi connectivity index (χ2n) is 7.36. The molecule has 5 amide bonds. The van der Waals surface area contributed by atoms with E-state index in [-0.39, 0.29) is 30.8 Å². The minimum atomic E-state index is -0.639. The lowest BCUT2D eigenvalue weighted by Gasteiger charge is -2.29. The first kappa shape index (κ1) is 20.0. The van der Waals surface area contributed by atoms with E-state index in [0.717, 1.165) is 21.7 Å². The molecular weight excluding hydrogens is 406 g/mol. The number of piperidine rings is 1. The lowest BCUT2D eigenvalue weighted by Crippen LogP contribution is -2.52. The summed E-state index contributed by atoms with van der Waals surface area (Å²) in [5.41, 5.74) is 3.00. The van der Waals surface area contributed by atoms with Crippen LogP contribution in [0, 0.1) is 13.8 Å². The van der Waals surface area contributed by atoms with Gasteiger partial charge in [-0.3, -0.25) is 25.0 Å². The molecule has 1 aromatic carbocycles. The van der Waals surface area contributed by atoms with Crippen molar-refractivity contribution in [2.45, 2.75) is 45.8 Å². The van der Waals surface area contributed by atoms with Crippen molar-refractivity contribution in [2.24, 2.45) is 0 Å². The Bertz CT molecular complexity index is 1040. The highest BCUT2D eigenvalue weighted by Gasteiger charge is 2.39. The van der Waals surface area contributed by atoms with E-state index >= 15 is 0 Å². The summed E-state index contributed by atoms with van der Waals surface area (Å²) in [4.78, 5) is 55.3. The van der Waals surface area contributed by atoms with Crippen LogP contribution in [0.3, 0.4) is 0 Å². The van der Waals surface area contributed by atoms with E-state index in [4.69, 9.17) is 0 Å². The van der Waals surface area contributed by atoms with E-state index < -0.39 is 11.9 Å². The first-order chi connectivity index (χ1) is 14.3. The molecule has 4 rings (SSSR count). The number of aromatic nitrogens is 1. The number of nitrogens with one attached hydrogen (secondary N) is 3. The molecule has 0 bridgehead atoms. The average molecular weight is 427 g/mol. The predicted molar refractivity (Wildman–Crippen MR) is 110 cm³/mol. The van der Waals surface area contributed by atoms with Crippen molar-refractivity contribution in [2.75, 3.05) is 5.32 Å². The number of carbonyl (C=O) groups is 4. The molecular formula is C20H21N5O4S. The number of hydrogen-bond acceptors (Lipinski definition) is 6. The molecule has 30 heavy (non-hydrogen) atoms. The van der Waals surface area contributed by atoms with E-state index in [9.17, 15) is 19.2 Å². The Morgan fingerprint density at radius 2 is 2.10 bits per heavy atom. The lowest BCUT2D eigenvalue weighted by atomic mass is 10.0. The Morgan fingerprint density at radius 1 is 1.30 bits per heavy atom. The maximum atomic E-state index is 12.8. The number of aryl methyl sites for hydroxylation is 2. The Labute approximate surface area is 176 Å². The molecule has 3 N–H and O–H groups in total. The van der Waals surface area contributed by atoms with E-state index in [0.29, 0.717) is 23.7 Å². The van der Waals surface area contributed by atoms with E-state index in [2.05, 4.69) is 20.9 Å². The molecule has 2 aliphatic rings. The smallest absolute Gasteiger partial charge is 0.321 e. The molecule has 1 unspecified atom stereocenters. The van der Waals surface area contributed by atoms with Gasteiger partial charge in [0, 0.05) is 30.0 Å². The summed E-state index contributed by atoms with van der Waals surface area (Å²) < 4.78 is 0. The Kier molecular flexibility index (Phi) is 5.25. The minimum Gasteiger partial charge on any atom is -0.334 e. The van der Waals surface area contributed by atoms with Crippen LogP contribution in [0.2, 0.25) is 0 Å². The SMILES string of the molecule is Cc1nc(NC(=O)NCc2ccc3c(c2)C(=O)N(C2CCC(=O)NC2=O)C3)sc1C. The van der Waals surface area contributed by atoms with Crippen molar-refractivity contribution in [3.05, 3.63) is 45.5 Å². The molecule has 9 nitrogen and oxygen atoms in total. The van der Waals surface area contributed by atoms with Gasteiger partial charge in [-0.05, 0) is 37.5 Å². The molecule has 1 saturated heterocycles. The minimum absolute atomic E-state index is 0.221. The van der Waals surface area contributed by atoms with Gasteiger partial charge >= 0.3 is 6.03 Å². The number of imide groups is 1. The molecule has 2 aromatic rings. The van der Waals surface area contributed by atoms with Gasteiger partial charge in [-0.1, -0.05) is 12.1 Å². The van der Waals surface area contributed by atoms with Gasteiger partial charge in [0.2, 0.25) is 11.8 Å². The number of amides is 5. The van der Waals surface area contributed by atoms with Crippen LogP contribution < -0.4 is 16.0 Å². The zero-order valence-electron chi connectivity index (χ0n) is 16.6. The number of benzene rings is 1. The van der Waals surface area contributed by atoms with Crippen molar-refractivity contribution in [3.8, 4) is 0 Å². The molecule has 10 heteroatoms. The van der Waals surface area contributed by atoms with Crippen LogP contribution in [-0.2, 0) is 22.7 Å². The van der Waals surface area contributed by atoms with E-state index in [1.807, 2.05) is 26.0 Å². The Balaban J connectivity index is 1.39. The van der Waals surface area contributed by atoms with Crippen LogP contribution in [0.15, 0.2) is 18.2 Å². The highest BCUT2D eigenvalue weighted by Crippen LogP contribution is 2.28. The van der Waals surface area contributed by atoms with Crippen LogP contribution >= 0.6 is 11.3 Å². The molecule has 1 aromatic heterocycles. The maximum absolute atomic E-state index is 12.8. The van der Waals surface area contributed by atoms with Crippen molar-refractivity contribution in [1.29, 1.82) is 0 Å². The first-order valence-corrected chi connectivity index (χ1v) is 10.4. The van der Waals surface area contributed by atoms with Gasteiger partial charge in [-0.2, -0.15) is 0 Å². The summed E-state index contributed by atoms with van der Waals surface area (Å²) in [6.45, 7) is 4.40. The fraction of sp³-hybridized carbons (Fsp3) is 0.350. The highest BCUT2D eigenvalue weighted by atomic mass is 32.1. The molecule has 156 valence electrons. The normalized spacial score (nSPS) is 18.3. The first-order valence-electron chi connectivity index (χ1n) is 9.57. The van der Waals surface area contributed by atoms with Gasteiger partial charge in [-0.25, -0.2) is 9.78 Å². The fourth-order valence-electron chi connectivity index (χ4n) is 3.56. The number of rotatable bonds is 4. The Morgan fingerprint density at radius 3 is 2.80 bits per heavy atom. The van der Waals surface area contributed by atoms with E-state index in [1.165, 1.54) is 16.2 Å². The molecule has 1 atom stereocenters. The number of thiazole rings is 1. The second-order valence-corrected chi connectivity index (χ2v) is 8.56. The second kappa shape index (κ2) is 7.86. The number of anilines is 1. The summed E-state index contributed by atoms with van der Waals surface area (Å²) in [5.74, 6) is -0.978. The number of fused-ring (bicyclic) bond motifs is 1. The van der Waals surface area contributed by atoms with Gasteiger partial charge in [0.1, 0.15) is 6.04 Å². The number of urea groups is 1. The Hall–Kier alpha value is -3.27. The molecule has 0 saturated carbocycles. The predicted octanol–water partition coefficient (Wildman–Crippen LogP) is 1.84. The van der Waals surface area contributed by atoms with Crippen molar-refractivity contribution in [3.63, 3.8) is 0 Å². The third-order valence-electron chi connectivity index (χ3n) is 5.29. The zero-order valence-corrected chi connectivity index (χ0v) is 17.4. The largest absolute Gasteiger partial charge is 0.334 e. The number of hydrogen-bond donors (Lipinski definition) is 3. The fourth-order valence-corrected chi connectivity index (χ4v) is 4.37. The number of carbonyl (C=O) groups excluding carboxylic acids is 4. The molecule has 0 spiro atoms. The van der Waals surface area contributed by atoms with Crippen molar-refractivity contribution >= 4 is 40.2 Å². The van der Waals surface area contributed by atoms with Gasteiger partial charge in [-0.15, -0.1) is 11.3 Å². The molecule has 1 fully saturated rings. The molecule has 0 aliphatic carbocycles. The van der Waals surface area contributed by atoms with Crippen LogP contribution in [0.25, 0.3) is 0 Å². The average Bonchev–Trinajstić information content (AvgIpc) is 3.18. The topological polar surface area (TPSA) is 120 Å². The third kappa shape index (κ3) is 3.90. The van der Waals surface area contributed by atoms with Gasteiger partial charge in [0.05, 0.1) is 5.69 Å². The highest BCUT2D eigenvalue weighted by molar-refractivity contribution is 7.15. The van der Waals surface area contributed by atoms with E-state index in [1.54, 1.807) is 6.07 Å². The van der Waals surface area contributed by atoms with Crippen LogP contribution in [-0.4, -0.2) is 39.7 Å². The summed E-state index contributed by atoms with van der Waals surface area (Å²) in [6, 6.07) is 4.40. The molecule has 2 aliphatic heterocycles. The number of nitrogens with zero attached hydrogens (tertiary/aromatic N) is 2.